The predicted octanol–water partition coefficient (Wildman–Crippen LogP) is 4.81. The number of fused-ring (bicyclic) bond motifs is 1. The molecule has 0 spiro atoms. The maximum atomic E-state index is 11.9. The van der Waals surface area contributed by atoms with E-state index >= 15 is 0 Å². The molecular weight excluding hydrogens is 376 g/mol. The minimum Gasteiger partial charge on any atom is -0.423 e. The number of carbonyl (C=O) groups is 1. The minimum absolute atomic E-state index is 0.426. The summed E-state index contributed by atoms with van der Waals surface area (Å²) in [5.74, 6) is 0.438. The van der Waals surface area contributed by atoms with Gasteiger partial charge < -0.3 is 4.74 Å². The molecule has 0 unspecified atom stereocenters. The maximum Gasteiger partial charge on any atom is 0.335 e. The van der Waals surface area contributed by atoms with Gasteiger partial charge in [0, 0.05) is 17.2 Å². The lowest BCUT2D eigenvalue weighted by molar-refractivity contribution is -0.128. The van der Waals surface area contributed by atoms with Gasteiger partial charge in [-0.1, -0.05) is 62.0 Å². The average Bonchev–Trinajstić information content (AvgIpc) is 3.26. The van der Waals surface area contributed by atoms with Crippen molar-refractivity contribution in [3.8, 4) is 5.75 Å². The molecule has 0 saturated carbocycles. The molecule has 0 fully saturated rings. The van der Waals surface area contributed by atoms with Gasteiger partial charge in [0.1, 0.15) is 16.8 Å². The highest BCUT2D eigenvalue weighted by atomic mass is 16.5. The fourth-order valence-corrected chi connectivity index (χ4v) is 3.36. The maximum absolute atomic E-state index is 11.9. The molecule has 4 rings (SSSR count). The summed E-state index contributed by atoms with van der Waals surface area (Å²) in [5, 5.41) is 6.92. The number of hydrogen-bond donors (Lipinski definition) is 1. The molecule has 0 aliphatic heterocycles. The van der Waals surface area contributed by atoms with Crippen LogP contribution in [0.15, 0.2) is 79.6 Å². The SMILES string of the molecule is C=CC(=O)Oc1ccccc1/C(=C(/CC)c1ccccc1)c1ncc2[nH]ncc2n1. The molecule has 4 aromatic rings. The zero-order chi connectivity index (χ0) is 20.9. The van der Waals surface area contributed by atoms with E-state index in [1.165, 1.54) is 0 Å². The lowest BCUT2D eigenvalue weighted by Crippen LogP contribution is -2.07. The Bertz CT molecular complexity index is 1240. The quantitative estimate of drug-likeness (QED) is 0.219. The number of benzene rings is 2. The van der Waals surface area contributed by atoms with Crippen molar-refractivity contribution in [1.29, 1.82) is 0 Å². The van der Waals surface area contributed by atoms with Crippen molar-refractivity contribution >= 4 is 28.1 Å². The van der Waals surface area contributed by atoms with Crippen LogP contribution in [-0.4, -0.2) is 26.1 Å². The summed E-state index contributed by atoms with van der Waals surface area (Å²) in [6, 6.07) is 17.4. The lowest BCUT2D eigenvalue weighted by Gasteiger charge is -2.17. The van der Waals surface area contributed by atoms with Crippen LogP contribution in [0.5, 0.6) is 5.75 Å². The van der Waals surface area contributed by atoms with E-state index in [2.05, 4.69) is 28.7 Å². The fraction of sp³-hybridized carbons (Fsp3) is 0.0833. The lowest BCUT2D eigenvalue weighted by atomic mass is 9.91. The Morgan fingerprint density at radius 1 is 1.10 bits per heavy atom. The van der Waals surface area contributed by atoms with E-state index in [9.17, 15) is 4.79 Å². The summed E-state index contributed by atoms with van der Waals surface area (Å²) in [6.45, 7) is 5.58. The molecule has 0 saturated heterocycles. The Labute approximate surface area is 174 Å². The van der Waals surface area contributed by atoms with Crippen LogP contribution in [-0.2, 0) is 4.79 Å². The number of aromatic amines is 1. The normalized spacial score (nSPS) is 11.8. The third-order valence-electron chi connectivity index (χ3n) is 4.72. The second kappa shape index (κ2) is 8.53. The molecule has 1 N–H and O–H groups in total. The van der Waals surface area contributed by atoms with Gasteiger partial charge in [-0.2, -0.15) is 5.10 Å². The highest BCUT2D eigenvalue weighted by molar-refractivity contribution is 5.99. The van der Waals surface area contributed by atoms with Crippen LogP contribution in [0.2, 0.25) is 0 Å². The number of esters is 1. The van der Waals surface area contributed by atoms with Gasteiger partial charge >= 0.3 is 5.97 Å². The summed E-state index contributed by atoms with van der Waals surface area (Å²) in [7, 11) is 0. The first kappa shape index (κ1) is 19.3. The average molecular weight is 396 g/mol. The Morgan fingerprint density at radius 2 is 1.87 bits per heavy atom. The Morgan fingerprint density at radius 3 is 2.63 bits per heavy atom. The molecule has 6 heteroatoms. The van der Waals surface area contributed by atoms with Gasteiger partial charge in [-0.15, -0.1) is 0 Å². The summed E-state index contributed by atoms with van der Waals surface area (Å²) in [5.41, 5.74) is 5.09. The highest BCUT2D eigenvalue weighted by Gasteiger charge is 2.20. The molecule has 148 valence electrons. The number of hydrogen-bond acceptors (Lipinski definition) is 5. The van der Waals surface area contributed by atoms with E-state index < -0.39 is 5.97 Å². The number of H-pyrrole nitrogens is 1. The number of para-hydroxylation sites is 1. The third-order valence-corrected chi connectivity index (χ3v) is 4.72. The van der Waals surface area contributed by atoms with E-state index in [0.717, 1.165) is 40.3 Å². The van der Waals surface area contributed by atoms with Crippen LogP contribution in [0.25, 0.3) is 22.2 Å². The third kappa shape index (κ3) is 3.75. The largest absolute Gasteiger partial charge is 0.423 e. The smallest absolute Gasteiger partial charge is 0.335 e. The van der Waals surface area contributed by atoms with Crippen LogP contribution in [0.4, 0.5) is 0 Å². The predicted molar refractivity (Wildman–Crippen MR) is 117 cm³/mol. The first-order valence-corrected chi connectivity index (χ1v) is 9.60. The molecule has 0 aliphatic carbocycles. The second-order valence-electron chi connectivity index (χ2n) is 6.56. The van der Waals surface area contributed by atoms with E-state index in [0.29, 0.717) is 17.1 Å². The van der Waals surface area contributed by atoms with E-state index in [4.69, 9.17) is 9.72 Å². The van der Waals surface area contributed by atoms with Gasteiger partial charge in [0.05, 0.1) is 12.4 Å². The standard InChI is InChI=1S/C24H20N4O2/c1-3-17(16-10-6-5-7-11-16)23(24-25-14-20-19(27-24)15-26-28-20)18-12-8-9-13-21(18)30-22(29)4-2/h4-15H,2-3H2,1H3,(H,26,28)/b23-17+. The van der Waals surface area contributed by atoms with Gasteiger partial charge in [0.15, 0.2) is 5.82 Å². The van der Waals surface area contributed by atoms with Crippen molar-refractivity contribution in [2.24, 2.45) is 0 Å². The number of aromatic nitrogens is 4. The summed E-state index contributed by atoms with van der Waals surface area (Å²) < 4.78 is 5.53. The summed E-state index contributed by atoms with van der Waals surface area (Å²) in [6.07, 6.45) is 5.25. The molecule has 0 radical (unpaired) electrons. The molecule has 2 aromatic carbocycles. The van der Waals surface area contributed by atoms with Crippen molar-refractivity contribution in [3.05, 3.63) is 96.6 Å². The second-order valence-corrected chi connectivity index (χ2v) is 6.56. The van der Waals surface area contributed by atoms with E-state index in [1.807, 2.05) is 48.5 Å². The summed E-state index contributed by atoms with van der Waals surface area (Å²) >= 11 is 0. The number of allylic oxidation sites excluding steroid dienone is 1. The molecule has 2 aromatic heterocycles. The Balaban J connectivity index is 2.01. The van der Waals surface area contributed by atoms with Crippen LogP contribution in [0.3, 0.4) is 0 Å². The topological polar surface area (TPSA) is 80.8 Å². The van der Waals surface area contributed by atoms with Crippen molar-refractivity contribution in [2.45, 2.75) is 13.3 Å². The van der Waals surface area contributed by atoms with Crippen molar-refractivity contribution in [1.82, 2.24) is 20.2 Å². The fourth-order valence-electron chi connectivity index (χ4n) is 3.36. The van der Waals surface area contributed by atoms with Crippen molar-refractivity contribution in [3.63, 3.8) is 0 Å². The number of ether oxygens (including phenoxy) is 1. The number of nitrogens with one attached hydrogen (secondary N) is 1. The van der Waals surface area contributed by atoms with E-state index in [1.54, 1.807) is 18.5 Å². The molecule has 0 atom stereocenters. The van der Waals surface area contributed by atoms with Gasteiger partial charge in [-0.25, -0.2) is 14.8 Å². The molecule has 0 amide bonds. The zero-order valence-electron chi connectivity index (χ0n) is 16.5. The minimum atomic E-state index is -0.522. The highest BCUT2D eigenvalue weighted by Crippen LogP contribution is 2.37. The molecule has 6 nitrogen and oxygen atoms in total. The molecule has 2 heterocycles. The Hall–Kier alpha value is -4.06. The molecule has 0 bridgehead atoms. The number of nitrogens with zero attached hydrogens (tertiary/aromatic N) is 3. The van der Waals surface area contributed by atoms with Crippen LogP contribution in [0, 0.1) is 0 Å². The van der Waals surface area contributed by atoms with Gasteiger partial charge in [0.25, 0.3) is 0 Å². The first-order chi connectivity index (χ1) is 14.7. The number of carbonyl (C=O) groups excluding carboxylic acids is 1. The van der Waals surface area contributed by atoms with Crippen molar-refractivity contribution in [2.75, 3.05) is 0 Å². The first-order valence-electron chi connectivity index (χ1n) is 9.60. The monoisotopic (exact) mass is 396 g/mol. The van der Waals surface area contributed by atoms with Crippen LogP contribution in [0.1, 0.15) is 30.3 Å². The van der Waals surface area contributed by atoms with Crippen molar-refractivity contribution < 1.29 is 9.53 Å². The van der Waals surface area contributed by atoms with Gasteiger partial charge in [-0.05, 0) is 23.6 Å². The molecular formula is C24H20N4O2. The van der Waals surface area contributed by atoms with E-state index in [-0.39, 0.29) is 0 Å². The van der Waals surface area contributed by atoms with Gasteiger partial charge in [0.2, 0.25) is 0 Å². The zero-order valence-corrected chi connectivity index (χ0v) is 16.5. The van der Waals surface area contributed by atoms with Gasteiger partial charge in [-0.3, -0.25) is 5.10 Å². The van der Waals surface area contributed by atoms with Crippen LogP contribution < -0.4 is 4.74 Å². The summed E-state index contributed by atoms with van der Waals surface area (Å²) in [4.78, 5) is 21.3. The Kier molecular flexibility index (Phi) is 5.48. The molecule has 30 heavy (non-hydrogen) atoms. The number of rotatable bonds is 6. The van der Waals surface area contributed by atoms with Crippen LogP contribution >= 0.6 is 0 Å². The molecule has 0 aliphatic rings.